The van der Waals surface area contributed by atoms with Crippen molar-refractivity contribution in [3.63, 3.8) is 0 Å². The molecular weight excluding hydrogens is 275 g/mol. The van der Waals surface area contributed by atoms with Gasteiger partial charge in [-0.25, -0.2) is 14.0 Å². The molecule has 5 nitrogen and oxygen atoms in total. The number of nitrogens with one attached hydrogen (secondary N) is 1. The summed E-state index contributed by atoms with van der Waals surface area (Å²) in [6.45, 7) is 4.66. The second-order valence-corrected chi connectivity index (χ2v) is 5.45. The van der Waals surface area contributed by atoms with Gasteiger partial charge < -0.3 is 15.3 Å². The third kappa shape index (κ3) is 3.15. The van der Waals surface area contributed by atoms with Gasteiger partial charge in [0.2, 0.25) is 0 Å². The molecular formula is C15H19FN2O3. The van der Waals surface area contributed by atoms with Gasteiger partial charge >= 0.3 is 12.0 Å². The monoisotopic (exact) mass is 294 g/mol. The van der Waals surface area contributed by atoms with Gasteiger partial charge in [-0.15, -0.1) is 0 Å². The lowest BCUT2D eigenvalue weighted by Crippen LogP contribution is -2.48. The van der Waals surface area contributed by atoms with Gasteiger partial charge in [0.15, 0.2) is 0 Å². The molecule has 0 radical (unpaired) electrons. The molecule has 1 fully saturated rings. The Morgan fingerprint density at radius 2 is 2.10 bits per heavy atom. The first-order chi connectivity index (χ1) is 9.91. The number of benzene rings is 1. The van der Waals surface area contributed by atoms with E-state index in [2.05, 4.69) is 12.2 Å². The predicted molar refractivity (Wildman–Crippen MR) is 76.9 cm³/mol. The zero-order chi connectivity index (χ0) is 15.6. The molecule has 0 bridgehead atoms. The summed E-state index contributed by atoms with van der Waals surface area (Å²) in [6.07, 6.45) is 1.97. The Kier molecular flexibility index (Phi) is 4.45. The molecule has 1 aliphatic rings. The van der Waals surface area contributed by atoms with Crippen LogP contribution in [0.3, 0.4) is 0 Å². The summed E-state index contributed by atoms with van der Waals surface area (Å²) in [5.74, 6) is -1.88. The van der Waals surface area contributed by atoms with Crippen molar-refractivity contribution in [2.24, 2.45) is 5.92 Å². The minimum absolute atomic E-state index is 0.0158. The molecule has 2 amide bonds. The van der Waals surface area contributed by atoms with Gasteiger partial charge in [0, 0.05) is 12.6 Å². The smallest absolute Gasteiger partial charge is 0.340 e. The SMILES string of the molecule is CC1CCCN(C(=O)Nc2cccc(F)c2C(=O)O)C1C. The van der Waals surface area contributed by atoms with Crippen LogP contribution >= 0.6 is 0 Å². The first kappa shape index (κ1) is 15.3. The lowest BCUT2D eigenvalue weighted by molar-refractivity contribution is 0.0693. The van der Waals surface area contributed by atoms with Crippen LogP contribution in [0.1, 0.15) is 37.0 Å². The molecule has 114 valence electrons. The number of carbonyl (C=O) groups is 2. The number of likely N-dealkylation sites (tertiary alicyclic amines) is 1. The first-order valence-corrected chi connectivity index (χ1v) is 7.01. The van der Waals surface area contributed by atoms with E-state index in [0.717, 1.165) is 18.9 Å². The van der Waals surface area contributed by atoms with E-state index in [1.807, 2.05) is 6.92 Å². The second kappa shape index (κ2) is 6.11. The molecule has 1 aromatic carbocycles. The Bertz CT molecular complexity index is 562. The highest BCUT2D eigenvalue weighted by molar-refractivity contribution is 6.00. The molecule has 0 aliphatic carbocycles. The Hall–Kier alpha value is -2.11. The number of amides is 2. The normalized spacial score (nSPS) is 22.0. The number of piperidine rings is 1. The van der Waals surface area contributed by atoms with Gasteiger partial charge in [-0.1, -0.05) is 13.0 Å². The Balaban J connectivity index is 2.20. The third-order valence-electron chi connectivity index (χ3n) is 4.10. The van der Waals surface area contributed by atoms with Gasteiger partial charge in [-0.05, 0) is 37.8 Å². The molecule has 0 spiro atoms. The minimum atomic E-state index is -1.40. The molecule has 2 N–H and O–H groups in total. The fourth-order valence-electron chi connectivity index (χ4n) is 2.65. The summed E-state index contributed by atoms with van der Waals surface area (Å²) in [4.78, 5) is 25.1. The van der Waals surface area contributed by atoms with Crippen molar-refractivity contribution in [1.29, 1.82) is 0 Å². The van der Waals surface area contributed by atoms with Gasteiger partial charge in [-0.3, -0.25) is 0 Å². The van der Waals surface area contributed by atoms with E-state index in [0.29, 0.717) is 12.5 Å². The van der Waals surface area contributed by atoms with E-state index >= 15 is 0 Å². The summed E-state index contributed by atoms with van der Waals surface area (Å²) in [7, 11) is 0. The van der Waals surface area contributed by atoms with E-state index in [1.165, 1.54) is 12.1 Å². The van der Waals surface area contributed by atoms with Crippen molar-refractivity contribution in [3.8, 4) is 0 Å². The molecule has 1 aliphatic heterocycles. The van der Waals surface area contributed by atoms with Crippen molar-refractivity contribution in [2.45, 2.75) is 32.7 Å². The predicted octanol–water partition coefficient (Wildman–Crippen LogP) is 3.18. The molecule has 0 saturated carbocycles. The summed E-state index contributed by atoms with van der Waals surface area (Å²) in [5.41, 5.74) is -0.526. The van der Waals surface area contributed by atoms with E-state index in [9.17, 15) is 14.0 Å². The number of anilines is 1. The standard InChI is InChI=1S/C15H19FN2O3/c1-9-5-4-8-18(10(9)2)15(21)17-12-7-3-6-11(16)13(12)14(19)20/h3,6-7,9-10H,4-5,8H2,1-2H3,(H,17,21)(H,19,20). The molecule has 2 rings (SSSR count). The molecule has 1 aromatic rings. The number of nitrogens with zero attached hydrogens (tertiary/aromatic N) is 1. The van der Waals surface area contributed by atoms with Gasteiger partial charge in [-0.2, -0.15) is 0 Å². The van der Waals surface area contributed by atoms with Crippen LogP contribution in [-0.2, 0) is 0 Å². The van der Waals surface area contributed by atoms with Crippen LogP contribution in [0.25, 0.3) is 0 Å². The average Bonchev–Trinajstić information content (AvgIpc) is 2.41. The molecule has 2 atom stereocenters. The van der Waals surface area contributed by atoms with Gasteiger partial charge in [0.25, 0.3) is 0 Å². The zero-order valence-corrected chi connectivity index (χ0v) is 12.1. The van der Waals surface area contributed by atoms with Crippen LogP contribution in [0, 0.1) is 11.7 Å². The molecule has 21 heavy (non-hydrogen) atoms. The highest BCUT2D eigenvalue weighted by atomic mass is 19.1. The van der Waals surface area contributed by atoms with Crippen molar-refractivity contribution < 1.29 is 19.1 Å². The molecule has 1 heterocycles. The maximum absolute atomic E-state index is 13.6. The number of hydrogen-bond acceptors (Lipinski definition) is 2. The number of urea groups is 1. The quantitative estimate of drug-likeness (QED) is 0.880. The Morgan fingerprint density at radius 3 is 2.76 bits per heavy atom. The zero-order valence-electron chi connectivity index (χ0n) is 12.1. The number of aromatic carboxylic acids is 1. The van der Waals surface area contributed by atoms with Crippen LogP contribution < -0.4 is 5.32 Å². The fraction of sp³-hybridized carbons (Fsp3) is 0.467. The highest BCUT2D eigenvalue weighted by Crippen LogP contribution is 2.25. The Morgan fingerprint density at radius 1 is 1.38 bits per heavy atom. The van der Waals surface area contributed by atoms with Crippen LogP contribution in [0.2, 0.25) is 0 Å². The maximum atomic E-state index is 13.6. The van der Waals surface area contributed by atoms with Crippen molar-refractivity contribution in [1.82, 2.24) is 4.90 Å². The number of halogens is 1. The topological polar surface area (TPSA) is 69.6 Å². The molecule has 6 heteroatoms. The van der Waals surface area contributed by atoms with Crippen LogP contribution in [-0.4, -0.2) is 34.6 Å². The van der Waals surface area contributed by atoms with Gasteiger partial charge in [0.05, 0.1) is 5.69 Å². The highest BCUT2D eigenvalue weighted by Gasteiger charge is 2.29. The number of carboxylic acids is 1. The average molecular weight is 294 g/mol. The number of rotatable bonds is 2. The number of carboxylic acid groups (broad SMARTS) is 1. The van der Waals surface area contributed by atoms with E-state index in [1.54, 1.807) is 4.90 Å². The van der Waals surface area contributed by atoms with E-state index < -0.39 is 17.3 Å². The molecule has 2 unspecified atom stereocenters. The fourth-order valence-corrected chi connectivity index (χ4v) is 2.65. The minimum Gasteiger partial charge on any atom is -0.478 e. The lowest BCUT2D eigenvalue weighted by atomic mass is 9.92. The third-order valence-corrected chi connectivity index (χ3v) is 4.10. The van der Waals surface area contributed by atoms with Crippen LogP contribution in [0.5, 0.6) is 0 Å². The van der Waals surface area contributed by atoms with Crippen LogP contribution in [0.15, 0.2) is 18.2 Å². The van der Waals surface area contributed by atoms with Crippen molar-refractivity contribution in [2.75, 3.05) is 11.9 Å². The van der Waals surface area contributed by atoms with Crippen molar-refractivity contribution in [3.05, 3.63) is 29.6 Å². The number of hydrogen-bond donors (Lipinski definition) is 2. The summed E-state index contributed by atoms with van der Waals surface area (Å²) in [5, 5.41) is 11.6. The van der Waals surface area contributed by atoms with Crippen LogP contribution in [0.4, 0.5) is 14.9 Å². The second-order valence-electron chi connectivity index (χ2n) is 5.45. The molecule has 0 aromatic heterocycles. The van der Waals surface area contributed by atoms with Crippen molar-refractivity contribution >= 4 is 17.7 Å². The lowest BCUT2D eigenvalue weighted by Gasteiger charge is -2.37. The maximum Gasteiger partial charge on any atom is 0.340 e. The number of carbonyl (C=O) groups excluding carboxylic acids is 1. The molecule has 1 saturated heterocycles. The first-order valence-electron chi connectivity index (χ1n) is 7.01. The largest absolute Gasteiger partial charge is 0.478 e. The Labute approximate surface area is 122 Å². The summed E-state index contributed by atoms with van der Waals surface area (Å²) < 4.78 is 13.6. The van der Waals surface area contributed by atoms with E-state index in [-0.39, 0.29) is 17.8 Å². The summed E-state index contributed by atoms with van der Waals surface area (Å²) in [6, 6.07) is 3.51. The van der Waals surface area contributed by atoms with E-state index in [4.69, 9.17) is 5.11 Å². The van der Waals surface area contributed by atoms with Gasteiger partial charge in [0.1, 0.15) is 11.4 Å². The summed E-state index contributed by atoms with van der Waals surface area (Å²) >= 11 is 0.